The van der Waals surface area contributed by atoms with E-state index in [1.54, 1.807) is 0 Å². The van der Waals surface area contributed by atoms with Gasteiger partial charge in [0, 0.05) is 0 Å². The smallest absolute Gasteiger partial charge is 0.233 e. The molecule has 0 amide bonds. The van der Waals surface area contributed by atoms with Gasteiger partial charge in [0.1, 0.15) is 12.7 Å². The highest BCUT2D eigenvalue weighted by atomic mass is 35.5. The predicted octanol–water partition coefficient (Wildman–Crippen LogP) is 1.28. The first-order valence-electron chi connectivity index (χ1n) is 3.89. The minimum absolute atomic E-state index is 0.331. The molecule has 2 heterocycles. The SMILES string of the molecule is O=C=Nc1cnc(-n2cncn2)c(Cl)c1. The number of pyridine rings is 1. The van der Waals surface area contributed by atoms with Crippen molar-refractivity contribution >= 4 is 23.4 Å². The molecule has 0 aliphatic carbocycles. The van der Waals surface area contributed by atoms with Crippen LogP contribution in [0.3, 0.4) is 0 Å². The zero-order chi connectivity index (χ0) is 10.7. The molecule has 6 nitrogen and oxygen atoms in total. The number of nitrogens with zero attached hydrogens (tertiary/aromatic N) is 5. The number of aliphatic imine (C=N–C) groups is 1. The summed E-state index contributed by atoms with van der Waals surface area (Å²) in [4.78, 5) is 21.2. The predicted molar refractivity (Wildman–Crippen MR) is 51.9 cm³/mol. The van der Waals surface area contributed by atoms with E-state index in [4.69, 9.17) is 11.6 Å². The van der Waals surface area contributed by atoms with E-state index in [0.29, 0.717) is 16.5 Å². The third-order valence-electron chi connectivity index (χ3n) is 1.62. The zero-order valence-corrected chi connectivity index (χ0v) is 8.09. The molecule has 0 aromatic carbocycles. The highest BCUT2D eigenvalue weighted by Gasteiger charge is 2.05. The van der Waals surface area contributed by atoms with Crippen LogP contribution < -0.4 is 0 Å². The molecule has 74 valence electrons. The Balaban J connectivity index is 2.48. The fourth-order valence-corrected chi connectivity index (χ4v) is 1.27. The maximum Gasteiger partial charge on any atom is 0.240 e. The first-order chi connectivity index (χ1) is 7.31. The molecule has 7 heteroatoms. The standard InChI is InChI=1S/C8H4ClN5O/c9-7-1-6(12-5-15)2-11-8(7)14-4-10-3-13-14/h1-4H. The molecule has 0 bridgehead atoms. The number of halogens is 1. The van der Waals surface area contributed by atoms with Crippen molar-refractivity contribution in [3.05, 3.63) is 29.9 Å². The molecular formula is C8H4ClN5O. The Morgan fingerprint density at radius 3 is 3.00 bits per heavy atom. The van der Waals surface area contributed by atoms with E-state index in [-0.39, 0.29) is 0 Å². The molecule has 0 radical (unpaired) electrons. The van der Waals surface area contributed by atoms with Crippen LogP contribution in [0.25, 0.3) is 5.82 Å². The number of isocyanates is 1. The largest absolute Gasteiger partial charge is 0.240 e. The van der Waals surface area contributed by atoms with Gasteiger partial charge in [-0.3, -0.25) is 0 Å². The molecule has 0 unspecified atom stereocenters. The second kappa shape index (κ2) is 4.00. The highest BCUT2D eigenvalue weighted by molar-refractivity contribution is 6.32. The Hall–Kier alpha value is -2.04. The molecule has 0 N–H and O–H groups in total. The van der Waals surface area contributed by atoms with Crippen LogP contribution in [0, 0.1) is 0 Å². The maximum atomic E-state index is 10.0. The van der Waals surface area contributed by atoms with Crippen molar-refractivity contribution in [1.29, 1.82) is 0 Å². The summed E-state index contributed by atoms with van der Waals surface area (Å²) in [5.74, 6) is 0.430. The third kappa shape index (κ3) is 1.90. The van der Waals surface area contributed by atoms with Crippen LogP contribution in [0.5, 0.6) is 0 Å². The van der Waals surface area contributed by atoms with Crippen LogP contribution in [-0.2, 0) is 4.79 Å². The van der Waals surface area contributed by atoms with Gasteiger partial charge in [-0.25, -0.2) is 19.4 Å². The maximum absolute atomic E-state index is 10.0. The highest BCUT2D eigenvalue weighted by Crippen LogP contribution is 2.22. The lowest BCUT2D eigenvalue weighted by atomic mass is 10.4. The summed E-state index contributed by atoms with van der Waals surface area (Å²) in [7, 11) is 0. The summed E-state index contributed by atoms with van der Waals surface area (Å²) in [5, 5.41) is 4.20. The van der Waals surface area contributed by atoms with Gasteiger partial charge >= 0.3 is 0 Å². The number of hydrogen-bond donors (Lipinski definition) is 0. The quantitative estimate of drug-likeness (QED) is 0.566. The van der Waals surface area contributed by atoms with Gasteiger partial charge in [0.25, 0.3) is 0 Å². The van der Waals surface area contributed by atoms with Crippen molar-refractivity contribution < 1.29 is 4.79 Å². The van der Waals surface area contributed by atoms with Gasteiger partial charge in [-0.15, -0.1) is 0 Å². The fourth-order valence-electron chi connectivity index (χ4n) is 1.02. The molecule has 0 fully saturated rings. The van der Waals surface area contributed by atoms with Gasteiger partial charge in [0.15, 0.2) is 5.82 Å². The average Bonchev–Trinajstić information content (AvgIpc) is 2.71. The number of rotatable bonds is 2. The van der Waals surface area contributed by atoms with E-state index in [9.17, 15) is 4.79 Å². The minimum Gasteiger partial charge on any atom is -0.233 e. The van der Waals surface area contributed by atoms with Crippen molar-refractivity contribution in [2.24, 2.45) is 4.99 Å². The van der Waals surface area contributed by atoms with Gasteiger partial charge < -0.3 is 0 Å². The molecule has 0 saturated carbocycles. The van der Waals surface area contributed by atoms with Crippen molar-refractivity contribution in [2.45, 2.75) is 0 Å². The fraction of sp³-hybridized carbons (Fsp3) is 0. The Labute approximate surface area is 89.3 Å². The Kier molecular flexibility index (Phi) is 2.53. The Morgan fingerprint density at radius 1 is 1.53 bits per heavy atom. The minimum atomic E-state index is 0.331. The first kappa shape index (κ1) is 9.51. The van der Waals surface area contributed by atoms with E-state index >= 15 is 0 Å². The lowest BCUT2D eigenvalue weighted by Crippen LogP contribution is -1.98. The molecule has 0 aliphatic rings. The molecule has 0 spiro atoms. The summed E-state index contributed by atoms with van der Waals surface area (Å²) in [6, 6.07) is 1.50. The normalized spacial score (nSPS) is 9.67. The van der Waals surface area contributed by atoms with Crippen molar-refractivity contribution in [3.63, 3.8) is 0 Å². The monoisotopic (exact) mass is 221 g/mol. The topological polar surface area (TPSA) is 73.0 Å². The van der Waals surface area contributed by atoms with E-state index in [2.05, 4.69) is 20.1 Å². The molecule has 0 atom stereocenters. The number of hydrogen-bond acceptors (Lipinski definition) is 5. The Morgan fingerprint density at radius 2 is 2.40 bits per heavy atom. The molecule has 2 aromatic heterocycles. The van der Waals surface area contributed by atoms with Gasteiger partial charge in [-0.05, 0) is 6.07 Å². The van der Waals surface area contributed by atoms with E-state index in [0.717, 1.165) is 0 Å². The van der Waals surface area contributed by atoms with Crippen LogP contribution in [0.15, 0.2) is 29.9 Å². The van der Waals surface area contributed by atoms with Gasteiger partial charge in [0.05, 0.1) is 16.9 Å². The number of aromatic nitrogens is 4. The Bertz CT molecular complexity index is 518. The number of carbonyl (C=O) groups excluding carboxylic acids is 1. The van der Waals surface area contributed by atoms with Gasteiger partial charge in [0.2, 0.25) is 6.08 Å². The molecule has 2 rings (SSSR count). The van der Waals surface area contributed by atoms with E-state index in [1.807, 2.05) is 0 Å². The van der Waals surface area contributed by atoms with Crippen molar-refractivity contribution in [2.75, 3.05) is 0 Å². The second-order valence-electron chi connectivity index (χ2n) is 2.54. The molecular weight excluding hydrogens is 218 g/mol. The van der Waals surface area contributed by atoms with E-state index < -0.39 is 0 Å². The van der Waals surface area contributed by atoms with Crippen LogP contribution in [0.1, 0.15) is 0 Å². The summed E-state index contributed by atoms with van der Waals surface area (Å²) < 4.78 is 1.41. The average molecular weight is 222 g/mol. The van der Waals surface area contributed by atoms with Gasteiger partial charge in [-0.1, -0.05) is 11.6 Å². The summed E-state index contributed by atoms with van der Waals surface area (Å²) in [5.41, 5.74) is 0.346. The van der Waals surface area contributed by atoms with Crippen LogP contribution in [-0.4, -0.2) is 25.8 Å². The van der Waals surface area contributed by atoms with Crippen LogP contribution in [0.2, 0.25) is 5.02 Å². The van der Waals surface area contributed by atoms with Gasteiger partial charge in [-0.2, -0.15) is 10.1 Å². The van der Waals surface area contributed by atoms with Crippen molar-refractivity contribution in [1.82, 2.24) is 19.7 Å². The molecule has 15 heavy (non-hydrogen) atoms. The van der Waals surface area contributed by atoms with Crippen LogP contribution in [0.4, 0.5) is 5.69 Å². The first-order valence-corrected chi connectivity index (χ1v) is 4.27. The summed E-state index contributed by atoms with van der Waals surface area (Å²) in [6.45, 7) is 0. The third-order valence-corrected chi connectivity index (χ3v) is 1.90. The van der Waals surface area contributed by atoms with Crippen molar-refractivity contribution in [3.8, 4) is 5.82 Å². The summed E-state index contributed by atoms with van der Waals surface area (Å²) in [6.07, 6.45) is 5.64. The van der Waals surface area contributed by atoms with E-state index in [1.165, 1.54) is 35.7 Å². The van der Waals surface area contributed by atoms with Crippen LogP contribution >= 0.6 is 11.6 Å². The lowest BCUT2D eigenvalue weighted by molar-refractivity contribution is 0.565. The summed E-state index contributed by atoms with van der Waals surface area (Å²) >= 11 is 5.92. The lowest BCUT2D eigenvalue weighted by Gasteiger charge is -2.01. The molecule has 2 aromatic rings. The zero-order valence-electron chi connectivity index (χ0n) is 7.33. The molecule has 0 saturated heterocycles. The second-order valence-corrected chi connectivity index (χ2v) is 2.95. The molecule has 0 aliphatic heterocycles.